The molecule has 1 aromatic rings. The molecule has 0 N–H and O–H groups in total. The fourth-order valence-corrected chi connectivity index (χ4v) is 2.82. The molecule has 3 heteroatoms. The van der Waals surface area contributed by atoms with Crippen molar-refractivity contribution in [3.8, 4) is 11.8 Å². The van der Waals surface area contributed by atoms with E-state index >= 15 is 0 Å². The molecule has 0 saturated carbocycles. The van der Waals surface area contributed by atoms with Gasteiger partial charge in [-0.1, -0.05) is 73.0 Å². The van der Waals surface area contributed by atoms with E-state index in [2.05, 4.69) is 22.0 Å². The first-order valence-corrected chi connectivity index (χ1v) is 9.63. The Labute approximate surface area is 144 Å². The van der Waals surface area contributed by atoms with Crippen molar-refractivity contribution in [1.82, 2.24) is 0 Å². The zero-order chi connectivity index (χ0) is 15.9. The molecular weight excluding hydrogens is 338 g/mol. The minimum Gasteiger partial charge on any atom is -0.494 e. The number of benzene rings is 1. The first-order chi connectivity index (χ1) is 10.9. The zero-order valence-electron chi connectivity index (χ0n) is 13.5. The molecule has 0 aliphatic heterocycles. The van der Waals surface area contributed by atoms with Crippen LogP contribution in [-0.2, 0) is 6.42 Å². The maximum Gasteiger partial charge on any atom is 0.119 e. The molecule has 22 heavy (non-hydrogen) atoms. The van der Waals surface area contributed by atoms with Crippen LogP contribution in [0.2, 0.25) is 0 Å². The van der Waals surface area contributed by atoms with Gasteiger partial charge in [-0.25, -0.2) is 0 Å². The van der Waals surface area contributed by atoms with E-state index < -0.39 is 0 Å². The maximum absolute atomic E-state index is 8.62. The quantitative estimate of drug-likeness (QED) is 0.315. The van der Waals surface area contributed by atoms with Gasteiger partial charge in [0, 0.05) is 5.33 Å². The van der Waals surface area contributed by atoms with Gasteiger partial charge in [0.25, 0.3) is 0 Å². The van der Waals surface area contributed by atoms with Crippen molar-refractivity contribution >= 4 is 15.9 Å². The molecule has 0 aliphatic rings. The predicted molar refractivity (Wildman–Crippen MR) is 96.6 cm³/mol. The molecule has 122 valence electrons. The topological polar surface area (TPSA) is 33.0 Å². The first-order valence-electron chi connectivity index (χ1n) is 8.51. The van der Waals surface area contributed by atoms with Gasteiger partial charge >= 0.3 is 0 Å². The molecule has 2 nitrogen and oxygen atoms in total. The number of rotatable bonds is 13. The average molecular weight is 366 g/mol. The van der Waals surface area contributed by atoms with Crippen LogP contribution in [0.1, 0.15) is 63.4 Å². The van der Waals surface area contributed by atoms with Crippen LogP contribution in [0, 0.1) is 11.3 Å². The van der Waals surface area contributed by atoms with Gasteiger partial charge in [0.1, 0.15) is 5.75 Å². The molecule has 1 aromatic carbocycles. The van der Waals surface area contributed by atoms with Crippen molar-refractivity contribution in [2.45, 2.75) is 64.2 Å². The van der Waals surface area contributed by atoms with Crippen LogP contribution in [0.5, 0.6) is 5.75 Å². The summed E-state index contributed by atoms with van der Waals surface area (Å²) in [6.07, 6.45) is 12.4. The van der Waals surface area contributed by atoms with Gasteiger partial charge in [0.15, 0.2) is 0 Å². The van der Waals surface area contributed by atoms with Crippen molar-refractivity contribution in [3.63, 3.8) is 0 Å². The number of halogens is 1. The third kappa shape index (κ3) is 9.84. The second kappa shape index (κ2) is 13.6. The fourth-order valence-electron chi connectivity index (χ4n) is 2.42. The Kier molecular flexibility index (Phi) is 11.8. The molecule has 0 heterocycles. The standard InChI is InChI=1S/C19H28BrNO/c20-15-8-6-4-2-1-3-5-7-9-17-22-19-12-10-18(11-13-19)14-16-21/h10-13H,1-9,14-15,17H2. The van der Waals surface area contributed by atoms with Gasteiger partial charge in [-0.15, -0.1) is 0 Å². The number of ether oxygens (including phenoxy) is 1. The lowest BCUT2D eigenvalue weighted by atomic mass is 10.1. The average Bonchev–Trinajstić information content (AvgIpc) is 2.54. The number of nitrogens with zero attached hydrogens (tertiary/aromatic N) is 1. The van der Waals surface area contributed by atoms with Crippen molar-refractivity contribution in [1.29, 1.82) is 5.26 Å². The predicted octanol–water partition coefficient (Wildman–Crippen LogP) is 6.04. The summed E-state index contributed by atoms with van der Waals surface area (Å²) in [6.45, 7) is 0.794. The molecule has 1 rings (SSSR count). The SMILES string of the molecule is N#CCc1ccc(OCCCCCCCCCCCBr)cc1. The fraction of sp³-hybridized carbons (Fsp3) is 0.632. The Balaban J connectivity index is 1.92. The molecule has 0 unspecified atom stereocenters. The number of nitriles is 1. The number of hydrogen-bond acceptors (Lipinski definition) is 2. The van der Waals surface area contributed by atoms with Gasteiger partial charge in [-0.2, -0.15) is 5.26 Å². The van der Waals surface area contributed by atoms with E-state index in [1.807, 2.05) is 24.3 Å². The minimum absolute atomic E-state index is 0.469. The Morgan fingerprint density at radius 1 is 0.818 bits per heavy atom. The highest BCUT2D eigenvalue weighted by Gasteiger charge is 1.96. The Hall–Kier alpha value is -1.01. The molecule has 0 fully saturated rings. The summed E-state index contributed by atoms with van der Waals surface area (Å²) in [5.41, 5.74) is 1.05. The van der Waals surface area contributed by atoms with Crippen molar-refractivity contribution in [3.05, 3.63) is 29.8 Å². The van der Waals surface area contributed by atoms with Crippen LogP contribution in [0.4, 0.5) is 0 Å². The molecule has 0 aliphatic carbocycles. The highest BCUT2D eigenvalue weighted by atomic mass is 79.9. The van der Waals surface area contributed by atoms with Gasteiger partial charge in [-0.3, -0.25) is 0 Å². The number of unbranched alkanes of at least 4 members (excludes halogenated alkanes) is 8. The van der Waals surface area contributed by atoms with Crippen LogP contribution in [0.3, 0.4) is 0 Å². The minimum atomic E-state index is 0.469. The Bertz CT molecular complexity index is 410. The second-order valence-electron chi connectivity index (χ2n) is 5.70. The Morgan fingerprint density at radius 2 is 1.36 bits per heavy atom. The van der Waals surface area contributed by atoms with E-state index in [4.69, 9.17) is 10.00 Å². The van der Waals surface area contributed by atoms with Crippen LogP contribution in [-0.4, -0.2) is 11.9 Å². The monoisotopic (exact) mass is 365 g/mol. The number of hydrogen-bond donors (Lipinski definition) is 0. The third-order valence-corrected chi connectivity index (χ3v) is 4.31. The van der Waals surface area contributed by atoms with Gasteiger partial charge < -0.3 is 4.74 Å². The lowest BCUT2D eigenvalue weighted by molar-refractivity contribution is 0.304. The molecular formula is C19H28BrNO. The molecule has 0 atom stereocenters. The van der Waals surface area contributed by atoms with Crippen LogP contribution >= 0.6 is 15.9 Å². The smallest absolute Gasteiger partial charge is 0.119 e. The maximum atomic E-state index is 8.62. The van der Waals surface area contributed by atoms with E-state index in [-0.39, 0.29) is 0 Å². The number of alkyl halides is 1. The van der Waals surface area contributed by atoms with E-state index in [9.17, 15) is 0 Å². The summed E-state index contributed by atoms with van der Waals surface area (Å²) in [4.78, 5) is 0. The van der Waals surface area contributed by atoms with Gasteiger partial charge in [0.2, 0.25) is 0 Å². The highest BCUT2D eigenvalue weighted by molar-refractivity contribution is 9.09. The van der Waals surface area contributed by atoms with Crippen molar-refractivity contribution in [2.75, 3.05) is 11.9 Å². The Morgan fingerprint density at radius 3 is 1.91 bits per heavy atom. The van der Waals surface area contributed by atoms with Gasteiger partial charge in [-0.05, 0) is 30.5 Å². The summed E-state index contributed by atoms with van der Waals surface area (Å²) in [5.74, 6) is 0.911. The summed E-state index contributed by atoms with van der Waals surface area (Å²) in [6, 6.07) is 10.00. The second-order valence-corrected chi connectivity index (χ2v) is 6.49. The van der Waals surface area contributed by atoms with Gasteiger partial charge in [0.05, 0.1) is 19.1 Å². The molecule has 0 bridgehead atoms. The van der Waals surface area contributed by atoms with Crippen LogP contribution < -0.4 is 4.74 Å². The van der Waals surface area contributed by atoms with E-state index in [1.54, 1.807) is 0 Å². The third-order valence-electron chi connectivity index (χ3n) is 3.75. The van der Waals surface area contributed by atoms with Crippen molar-refractivity contribution in [2.24, 2.45) is 0 Å². The summed E-state index contributed by atoms with van der Waals surface area (Å²) < 4.78 is 5.72. The molecule has 0 amide bonds. The first kappa shape index (κ1) is 19.0. The van der Waals surface area contributed by atoms with E-state index in [0.717, 1.165) is 29.7 Å². The normalized spacial score (nSPS) is 10.4. The molecule has 0 saturated heterocycles. The largest absolute Gasteiger partial charge is 0.494 e. The van der Waals surface area contributed by atoms with Crippen LogP contribution in [0.15, 0.2) is 24.3 Å². The molecule has 0 spiro atoms. The summed E-state index contributed by atoms with van der Waals surface area (Å²) in [7, 11) is 0. The van der Waals surface area contributed by atoms with Crippen molar-refractivity contribution < 1.29 is 4.74 Å². The summed E-state index contributed by atoms with van der Waals surface area (Å²) in [5, 5.41) is 9.77. The lowest BCUT2D eigenvalue weighted by Gasteiger charge is -2.06. The zero-order valence-corrected chi connectivity index (χ0v) is 15.1. The van der Waals surface area contributed by atoms with E-state index in [0.29, 0.717) is 6.42 Å². The molecule has 0 radical (unpaired) electrons. The van der Waals surface area contributed by atoms with E-state index in [1.165, 1.54) is 51.4 Å². The summed E-state index contributed by atoms with van der Waals surface area (Å²) >= 11 is 3.47. The highest BCUT2D eigenvalue weighted by Crippen LogP contribution is 2.14. The lowest BCUT2D eigenvalue weighted by Crippen LogP contribution is -1.97. The molecule has 0 aromatic heterocycles. The van der Waals surface area contributed by atoms with Crippen LogP contribution in [0.25, 0.3) is 0 Å².